The van der Waals surface area contributed by atoms with Crippen molar-refractivity contribution in [3.8, 4) is 0 Å². The molecule has 98 valence electrons. The molecule has 0 aliphatic carbocycles. The van der Waals surface area contributed by atoms with Crippen LogP contribution in [0.25, 0.3) is 0 Å². The van der Waals surface area contributed by atoms with Gasteiger partial charge >= 0.3 is 0 Å². The Labute approximate surface area is 113 Å². The van der Waals surface area contributed by atoms with E-state index in [2.05, 4.69) is 33.1 Å². The van der Waals surface area contributed by atoms with Crippen LogP contribution in [0.5, 0.6) is 0 Å². The second kappa shape index (κ2) is 9.63. The molecule has 0 atom stereocenters. The van der Waals surface area contributed by atoms with Crippen molar-refractivity contribution in [2.24, 2.45) is 0 Å². The van der Waals surface area contributed by atoms with Crippen LogP contribution in [0.2, 0.25) is 0 Å². The lowest BCUT2D eigenvalue weighted by atomic mass is 10.1. The zero-order valence-electron chi connectivity index (χ0n) is 10.8. The first-order valence-electron chi connectivity index (χ1n) is 6.81. The third kappa shape index (κ3) is 7.53. The summed E-state index contributed by atoms with van der Waals surface area (Å²) in [6, 6.07) is 0. The van der Waals surface area contributed by atoms with Gasteiger partial charge in [-0.15, -0.1) is 10.2 Å². The summed E-state index contributed by atoms with van der Waals surface area (Å²) in [7, 11) is 0. The Bertz CT molecular complexity index is 289. The summed E-state index contributed by atoms with van der Waals surface area (Å²) in [4.78, 5) is 0.489. The van der Waals surface area contributed by atoms with Crippen LogP contribution in [0.1, 0.15) is 70.6 Å². The van der Waals surface area contributed by atoms with E-state index in [1.807, 2.05) is 0 Å². The van der Waals surface area contributed by atoms with Crippen molar-refractivity contribution in [3.05, 3.63) is 10.7 Å². The van der Waals surface area contributed by atoms with E-state index < -0.39 is 0 Å². The smallest absolute Gasteiger partial charge is 0.284 e. The van der Waals surface area contributed by atoms with Crippen LogP contribution >= 0.6 is 15.9 Å². The monoisotopic (exact) mass is 302 g/mol. The maximum absolute atomic E-state index is 5.25. The Morgan fingerprint density at radius 1 is 0.882 bits per heavy atom. The molecule has 1 aromatic heterocycles. The second-order valence-electron chi connectivity index (χ2n) is 4.53. The van der Waals surface area contributed by atoms with Crippen LogP contribution in [0.15, 0.2) is 9.22 Å². The lowest BCUT2D eigenvalue weighted by Crippen LogP contribution is -1.86. The highest BCUT2D eigenvalue weighted by molar-refractivity contribution is 9.10. The van der Waals surface area contributed by atoms with Gasteiger partial charge in [0.2, 0.25) is 5.89 Å². The van der Waals surface area contributed by atoms with Crippen LogP contribution in [0.4, 0.5) is 0 Å². The van der Waals surface area contributed by atoms with Crippen LogP contribution in [0.3, 0.4) is 0 Å². The lowest BCUT2D eigenvalue weighted by molar-refractivity contribution is 0.458. The molecular formula is C13H23BrN2O. The van der Waals surface area contributed by atoms with E-state index >= 15 is 0 Å². The highest BCUT2D eigenvalue weighted by atomic mass is 79.9. The molecule has 4 heteroatoms. The molecule has 0 fully saturated rings. The first-order chi connectivity index (χ1) is 8.33. The summed E-state index contributed by atoms with van der Waals surface area (Å²) >= 11 is 3.16. The number of rotatable bonds is 10. The molecule has 1 heterocycles. The van der Waals surface area contributed by atoms with Gasteiger partial charge in [-0.3, -0.25) is 0 Å². The molecule has 0 aromatic carbocycles. The molecule has 0 saturated heterocycles. The van der Waals surface area contributed by atoms with E-state index in [-0.39, 0.29) is 0 Å². The fourth-order valence-electron chi connectivity index (χ4n) is 1.92. The molecule has 0 N–H and O–H groups in total. The molecule has 0 amide bonds. The van der Waals surface area contributed by atoms with Crippen molar-refractivity contribution in [1.82, 2.24) is 10.2 Å². The van der Waals surface area contributed by atoms with E-state index in [4.69, 9.17) is 4.42 Å². The van der Waals surface area contributed by atoms with Crippen molar-refractivity contribution in [2.45, 2.75) is 71.1 Å². The van der Waals surface area contributed by atoms with E-state index in [0.717, 1.165) is 18.7 Å². The van der Waals surface area contributed by atoms with Gasteiger partial charge in [0.25, 0.3) is 4.80 Å². The number of halogens is 1. The predicted octanol–water partition coefficient (Wildman–Crippen LogP) is 4.91. The first-order valence-corrected chi connectivity index (χ1v) is 7.60. The van der Waals surface area contributed by atoms with Gasteiger partial charge in [0.05, 0.1) is 0 Å². The number of hydrogen-bond donors (Lipinski definition) is 0. The van der Waals surface area contributed by atoms with Crippen LogP contribution in [0, 0.1) is 0 Å². The number of unbranched alkanes of at least 4 members (excludes halogenated alkanes) is 8. The maximum atomic E-state index is 5.25. The Morgan fingerprint density at radius 3 is 2.00 bits per heavy atom. The van der Waals surface area contributed by atoms with Gasteiger partial charge in [-0.2, -0.15) is 0 Å². The SMILES string of the molecule is CCCCCCCCCCCc1nnc(Br)o1. The molecule has 17 heavy (non-hydrogen) atoms. The fraction of sp³-hybridized carbons (Fsp3) is 0.846. The highest BCUT2D eigenvalue weighted by Gasteiger charge is 2.02. The van der Waals surface area contributed by atoms with Gasteiger partial charge in [0, 0.05) is 22.4 Å². The summed E-state index contributed by atoms with van der Waals surface area (Å²) in [5, 5.41) is 7.69. The normalized spacial score (nSPS) is 10.9. The van der Waals surface area contributed by atoms with Crippen molar-refractivity contribution in [2.75, 3.05) is 0 Å². The summed E-state index contributed by atoms with van der Waals surface area (Å²) in [6.07, 6.45) is 13.0. The fourth-order valence-corrected chi connectivity index (χ4v) is 2.19. The van der Waals surface area contributed by atoms with Crippen molar-refractivity contribution < 1.29 is 4.42 Å². The molecule has 0 aliphatic rings. The molecule has 1 rings (SSSR count). The number of hydrogen-bond acceptors (Lipinski definition) is 3. The van der Waals surface area contributed by atoms with Gasteiger partial charge in [-0.05, 0) is 6.42 Å². The number of aromatic nitrogens is 2. The summed E-state index contributed by atoms with van der Waals surface area (Å²) in [6.45, 7) is 2.26. The molecule has 0 unspecified atom stereocenters. The Hall–Kier alpha value is -0.380. The third-order valence-corrected chi connectivity index (χ3v) is 3.26. The van der Waals surface area contributed by atoms with Crippen LogP contribution < -0.4 is 0 Å². The minimum atomic E-state index is 0.489. The largest absolute Gasteiger partial charge is 0.416 e. The quantitative estimate of drug-likeness (QED) is 0.577. The van der Waals surface area contributed by atoms with Crippen LogP contribution in [-0.4, -0.2) is 10.2 Å². The van der Waals surface area contributed by atoms with Crippen molar-refractivity contribution in [1.29, 1.82) is 0 Å². The Balaban J connectivity index is 1.84. The topological polar surface area (TPSA) is 38.9 Å². The molecule has 1 aromatic rings. The predicted molar refractivity (Wildman–Crippen MR) is 72.9 cm³/mol. The van der Waals surface area contributed by atoms with Crippen molar-refractivity contribution in [3.63, 3.8) is 0 Å². The van der Waals surface area contributed by atoms with Gasteiger partial charge < -0.3 is 4.42 Å². The molecular weight excluding hydrogens is 280 g/mol. The van der Waals surface area contributed by atoms with E-state index in [1.54, 1.807) is 0 Å². The summed E-state index contributed by atoms with van der Waals surface area (Å²) in [5.41, 5.74) is 0. The van der Waals surface area contributed by atoms with Crippen LogP contribution in [-0.2, 0) is 6.42 Å². The summed E-state index contributed by atoms with van der Waals surface area (Å²) in [5.74, 6) is 0.750. The standard InChI is InChI=1S/C13H23BrN2O/c1-2-3-4-5-6-7-8-9-10-11-12-15-16-13(14)17-12/h2-11H2,1H3. The minimum Gasteiger partial charge on any atom is -0.416 e. The zero-order chi connectivity index (χ0) is 12.3. The van der Waals surface area contributed by atoms with E-state index in [9.17, 15) is 0 Å². The number of nitrogens with zero attached hydrogens (tertiary/aromatic N) is 2. The molecule has 3 nitrogen and oxygen atoms in total. The minimum absolute atomic E-state index is 0.489. The molecule has 0 radical (unpaired) electrons. The number of aryl methyl sites for hydroxylation is 1. The third-order valence-electron chi connectivity index (χ3n) is 2.94. The first kappa shape index (κ1) is 14.7. The average Bonchev–Trinajstić information content (AvgIpc) is 2.73. The Morgan fingerprint density at radius 2 is 1.47 bits per heavy atom. The zero-order valence-corrected chi connectivity index (χ0v) is 12.3. The molecule has 0 spiro atoms. The second-order valence-corrected chi connectivity index (χ2v) is 5.21. The van der Waals surface area contributed by atoms with Gasteiger partial charge in [-0.1, -0.05) is 58.3 Å². The van der Waals surface area contributed by atoms with E-state index in [1.165, 1.54) is 51.4 Å². The van der Waals surface area contributed by atoms with Gasteiger partial charge in [-0.25, -0.2) is 0 Å². The van der Waals surface area contributed by atoms with Crippen molar-refractivity contribution >= 4 is 15.9 Å². The van der Waals surface area contributed by atoms with Gasteiger partial charge in [0.1, 0.15) is 0 Å². The summed E-state index contributed by atoms with van der Waals surface area (Å²) < 4.78 is 5.25. The Kier molecular flexibility index (Phi) is 8.32. The van der Waals surface area contributed by atoms with E-state index in [0.29, 0.717) is 4.80 Å². The molecule has 0 saturated carbocycles. The maximum Gasteiger partial charge on any atom is 0.284 e. The van der Waals surface area contributed by atoms with Gasteiger partial charge in [0.15, 0.2) is 0 Å². The lowest BCUT2D eigenvalue weighted by Gasteiger charge is -2.00. The molecule has 0 aliphatic heterocycles. The average molecular weight is 303 g/mol. The molecule has 0 bridgehead atoms. The highest BCUT2D eigenvalue weighted by Crippen LogP contribution is 2.12.